The highest BCUT2D eigenvalue weighted by molar-refractivity contribution is 7.78. The normalized spacial score (nSPS) is 14.9. The molecule has 2 aromatic rings. The fourth-order valence-electron chi connectivity index (χ4n) is 2.96. The van der Waals surface area contributed by atoms with Gasteiger partial charge in [0.2, 0.25) is 0 Å². The molecule has 0 fully saturated rings. The molecule has 0 atom stereocenters. The molecule has 1 heterocycles. The quantitative estimate of drug-likeness (QED) is 0.793. The monoisotopic (exact) mass is 328 g/mol. The van der Waals surface area contributed by atoms with Crippen LogP contribution < -0.4 is 20.4 Å². The molecule has 0 unspecified atom stereocenters. The lowest BCUT2D eigenvalue weighted by molar-refractivity contribution is 0.104. The molecule has 0 aliphatic carbocycles. The molecule has 0 N–H and O–H groups in total. The lowest BCUT2D eigenvalue weighted by Gasteiger charge is -2.28. The zero-order chi connectivity index (χ0) is 16.9. The van der Waals surface area contributed by atoms with Gasteiger partial charge in [-0.05, 0) is 43.1 Å². The van der Waals surface area contributed by atoms with Crippen LogP contribution in [0.5, 0.6) is 0 Å². The fraction of sp³-hybridized carbons (Fsp3) is 0.278. The van der Waals surface area contributed by atoms with Crippen LogP contribution in [0.2, 0.25) is 0 Å². The zero-order valence-electron chi connectivity index (χ0n) is 14.1. The largest absolute Gasteiger partial charge is 0.378 e. The molecule has 2 aromatic carbocycles. The van der Waals surface area contributed by atoms with Gasteiger partial charge in [-0.3, -0.25) is 4.79 Å². The van der Waals surface area contributed by atoms with E-state index in [1.807, 2.05) is 62.3 Å². The van der Waals surface area contributed by atoms with Gasteiger partial charge in [0.05, 0.1) is 0 Å². The average molecular weight is 328 g/mol. The van der Waals surface area contributed by atoms with Crippen LogP contribution in [0.1, 0.15) is 15.9 Å². The molecule has 0 saturated carbocycles. The van der Waals surface area contributed by atoms with Crippen molar-refractivity contribution in [1.29, 1.82) is 0 Å². The van der Waals surface area contributed by atoms with Gasteiger partial charge in [-0.1, -0.05) is 0 Å². The summed E-state index contributed by atoms with van der Waals surface area (Å²) in [6.45, 7) is 1.76. The van der Waals surface area contributed by atoms with Crippen LogP contribution in [-0.4, -0.2) is 40.6 Å². The van der Waals surface area contributed by atoms with Crippen molar-refractivity contribution in [2.75, 3.05) is 44.7 Å². The third-order valence-electron chi connectivity index (χ3n) is 4.40. The number of carbonyl (C=O) groups excluding carboxylic acids is 1. The van der Waals surface area contributed by atoms with E-state index in [-0.39, 0.29) is 5.78 Å². The second kappa shape index (κ2) is 5.24. The van der Waals surface area contributed by atoms with Crippen molar-refractivity contribution in [3.05, 3.63) is 47.5 Å². The molecule has 0 amide bonds. The Labute approximate surface area is 137 Å². The first kappa shape index (κ1) is 15.8. The van der Waals surface area contributed by atoms with Crippen LogP contribution in [0.3, 0.4) is 0 Å². The number of rotatable bonds is 2. The Balaban J connectivity index is 2.28. The molecule has 0 radical (unpaired) electrons. The third-order valence-corrected chi connectivity index (χ3v) is 6.98. The van der Waals surface area contributed by atoms with E-state index in [0.29, 0.717) is 21.7 Å². The van der Waals surface area contributed by atoms with Gasteiger partial charge in [0.1, 0.15) is 7.14 Å². The highest BCUT2D eigenvalue weighted by Gasteiger charge is 2.36. The van der Waals surface area contributed by atoms with E-state index in [0.717, 1.165) is 11.4 Å². The highest BCUT2D eigenvalue weighted by Crippen LogP contribution is 2.46. The van der Waals surface area contributed by atoms with Crippen LogP contribution in [-0.2, 0) is 4.57 Å². The lowest BCUT2D eigenvalue weighted by Crippen LogP contribution is -2.33. The first-order valence-electron chi connectivity index (χ1n) is 7.49. The Hall–Kier alpha value is -2.06. The Morgan fingerprint density at radius 2 is 1.17 bits per heavy atom. The van der Waals surface area contributed by atoms with Crippen molar-refractivity contribution in [3.63, 3.8) is 0 Å². The highest BCUT2D eigenvalue weighted by atomic mass is 31.2. The summed E-state index contributed by atoms with van der Waals surface area (Å²) >= 11 is 0. The molecule has 120 valence electrons. The van der Waals surface area contributed by atoms with Crippen molar-refractivity contribution in [3.8, 4) is 0 Å². The van der Waals surface area contributed by atoms with Gasteiger partial charge in [-0.2, -0.15) is 0 Å². The molecule has 1 aliphatic heterocycles. The maximum atomic E-state index is 13.6. The van der Waals surface area contributed by atoms with Gasteiger partial charge in [0, 0.05) is 61.3 Å². The number of nitrogens with zero attached hydrogens (tertiary/aromatic N) is 2. The minimum Gasteiger partial charge on any atom is -0.378 e. The molecule has 0 aromatic heterocycles. The van der Waals surface area contributed by atoms with Gasteiger partial charge in [0.15, 0.2) is 5.78 Å². The van der Waals surface area contributed by atoms with Crippen LogP contribution in [0.25, 0.3) is 0 Å². The summed E-state index contributed by atoms with van der Waals surface area (Å²) in [4.78, 5) is 16.7. The number of benzene rings is 2. The van der Waals surface area contributed by atoms with E-state index < -0.39 is 7.14 Å². The molecule has 0 spiro atoms. The molecule has 0 bridgehead atoms. The topological polar surface area (TPSA) is 40.6 Å². The van der Waals surface area contributed by atoms with Gasteiger partial charge >= 0.3 is 0 Å². The van der Waals surface area contributed by atoms with Gasteiger partial charge in [0.25, 0.3) is 0 Å². The number of anilines is 2. The first-order chi connectivity index (χ1) is 10.7. The van der Waals surface area contributed by atoms with E-state index >= 15 is 0 Å². The summed E-state index contributed by atoms with van der Waals surface area (Å²) in [5.41, 5.74) is 3.02. The van der Waals surface area contributed by atoms with E-state index in [1.54, 1.807) is 18.8 Å². The van der Waals surface area contributed by atoms with Crippen LogP contribution in [0.4, 0.5) is 11.4 Å². The number of hydrogen-bond donors (Lipinski definition) is 0. The maximum Gasteiger partial charge on any atom is 0.194 e. The molecule has 3 rings (SSSR count). The average Bonchev–Trinajstić information content (AvgIpc) is 2.51. The van der Waals surface area contributed by atoms with E-state index in [1.165, 1.54) is 0 Å². The number of carbonyl (C=O) groups is 1. The third kappa shape index (κ3) is 2.38. The Morgan fingerprint density at radius 3 is 1.52 bits per heavy atom. The van der Waals surface area contributed by atoms with Crippen molar-refractivity contribution < 1.29 is 9.36 Å². The standard InChI is InChI=1S/C18H21N2O2P/c1-19(2)12-6-8-14-16(10-12)23(5,22)17-11-13(20(3)4)7-9-15(17)18(14)21/h6-11H,1-5H3. The summed E-state index contributed by atoms with van der Waals surface area (Å²) in [6, 6.07) is 11.2. The van der Waals surface area contributed by atoms with Crippen LogP contribution in [0, 0.1) is 0 Å². The molecule has 5 heteroatoms. The molecular formula is C18H21N2O2P. The molecule has 4 nitrogen and oxygen atoms in total. The molecule has 0 saturated heterocycles. The van der Waals surface area contributed by atoms with Crippen LogP contribution >= 0.6 is 7.14 Å². The second-order valence-corrected chi connectivity index (χ2v) is 9.26. The smallest absolute Gasteiger partial charge is 0.194 e. The molecular weight excluding hydrogens is 307 g/mol. The Morgan fingerprint density at radius 1 is 0.783 bits per heavy atom. The Bertz CT molecular complexity index is 791. The molecule has 23 heavy (non-hydrogen) atoms. The van der Waals surface area contributed by atoms with Crippen molar-refractivity contribution >= 4 is 34.9 Å². The van der Waals surface area contributed by atoms with Crippen LogP contribution in [0.15, 0.2) is 36.4 Å². The van der Waals surface area contributed by atoms with E-state index in [2.05, 4.69) is 0 Å². The summed E-state index contributed by atoms with van der Waals surface area (Å²) in [5, 5.41) is 1.33. The predicted molar refractivity (Wildman–Crippen MR) is 97.8 cm³/mol. The molecule has 1 aliphatic rings. The van der Waals surface area contributed by atoms with Gasteiger partial charge in [-0.15, -0.1) is 0 Å². The number of ketones is 1. The summed E-state index contributed by atoms with van der Waals surface area (Å²) in [7, 11) is 4.93. The van der Waals surface area contributed by atoms with Crippen molar-refractivity contribution in [2.45, 2.75) is 0 Å². The number of fused-ring (bicyclic) bond motifs is 2. The van der Waals surface area contributed by atoms with Gasteiger partial charge < -0.3 is 14.4 Å². The maximum absolute atomic E-state index is 13.6. The minimum absolute atomic E-state index is 0.0427. The Kier molecular flexibility index (Phi) is 3.61. The summed E-state index contributed by atoms with van der Waals surface area (Å²) < 4.78 is 13.6. The fourth-order valence-corrected chi connectivity index (χ4v) is 5.25. The summed E-state index contributed by atoms with van der Waals surface area (Å²) in [6.07, 6.45) is 0. The van der Waals surface area contributed by atoms with E-state index in [9.17, 15) is 9.36 Å². The van der Waals surface area contributed by atoms with Crippen molar-refractivity contribution in [1.82, 2.24) is 0 Å². The second-order valence-electron chi connectivity index (χ2n) is 6.45. The lowest BCUT2D eigenvalue weighted by atomic mass is 10.0. The SMILES string of the molecule is CN(C)c1ccc2c(c1)P(C)(=O)c1cc(N(C)C)ccc1C2=O. The minimum atomic E-state index is -2.81. The van der Waals surface area contributed by atoms with Gasteiger partial charge in [-0.25, -0.2) is 0 Å². The van der Waals surface area contributed by atoms with E-state index in [4.69, 9.17) is 0 Å². The first-order valence-corrected chi connectivity index (χ1v) is 9.65. The van der Waals surface area contributed by atoms with Crippen molar-refractivity contribution in [2.24, 2.45) is 0 Å². The predicted octanol–water partition coefficient (Wildman–Crippen LogP) is 2.31. The zero-order valence-corrected chi connectivity index (χ0v) is 15.0. The number of hydrogen-bond acceptors (Lipinski definition) is 4. The summed E-state index contributed by atoms with van der Waals surface area (Å²) in [5.74, 6) is -0.0427.